The molecule has 1 saturated heterocycles. The molecule has 1 aromatic rings. The van der Waals surface area contributed by atoms with Crippen LogP contribution in [0.4, 0.5) is 11.8 Å². The van der Waals surface area contributed by atoms with E-state index in [2.05, 4.69) is 28.7 Å². The van der Waals surface area contributed by atoms with Crippen LogP contribution in [0.3, 0.4) is 0 Å². The normalized spacial score (nSPS) is 17.3. The summed E-state index contributed by atoms with van der Waals surface area (Å²) in [4.78, 5) is 13.3. The highest BCUT2D eigenvalue weighted by molar-refractivity contribution is 5.42. The summed E-state index contributed by atoms with van der Waals surface area (Å²) in [6.07, 6.45) is 4.37. The van der Waals surface area contributed by atoms with Gasteiger partial charge in [0, 0.05) is 33.4 Å². The standard InChI is InChI=1S/C14H24N4/c1-11(2)12-6-9-18(10-7-12)14-15-8-5-13(16-14)17(3)4/h5,8,11-12H,6-7,9-10H2,1-4H3. The Labute approximate surface area is 110 Å². The van der Waals surface area contributed by atoms with Gasteiger partial charge in [0.15, 0.2) is 0 Å². The van der Waals surface area contributed by atoms with Crippen molar-refractivity contribution in [1.29, 1.82) is 0 Å². The molecule has 0 unspecified atom stereocenters. The molecule has 0 aromatic carbocycles. The molecule has 2 rings (SSSR count). The van der Waals surface area contributed by atoms with Crippen molar-refractivity contribution in [3.8, 4) is 0 Å². The maximum atomic E-state index is 4.61. The molecular weight excluding hydrogens is 224 g/mol. The summed E-state index contributed by atoms with van der Waals surface area (Å²) >= 11 is 0. The minimum Gasteiger partial charge on any atom is -0.363 e. The molecule has 4 nitrogen and oxygen atoms in total. The number of anilines is 2. The van der Waals surface area contributed by atoms with Gasteiger partial charge in [0.1, 0.15) is 5.82 Å². The van der Waals surface area contributed by atoms with Crippen molar-refractivity contribution in [2.24, 2.45) is 11.8 Å². The summed E-state index contributed by atoms with van der Waals surface area (Å²) in [5.74, 6) is 3.51. The van der Waals surface area contributed by atoms with E-state index in [-0.39, 0.29) is 0 Å². The van der Waals surface area contributed by atoms with Gasteiger partial charge in [-0.1, -0.05) is 13.8 Å². The molecule has 4 heteroatoms. The van der Waals surface area contributed by atoms with Crippen molar-refractivity contribution in [2.75, 3.05) is 37.0 Å². The summed E-state index contributed by atoms with van der Waals surface area (Å²) in [5, 5.41) is 0. The molecule has 1 fully saturated rings. The van der Waals surface area contributed by atoms with Crippen molar-refractivity contribution in [1.82, 2.24) is 9.97 Å². The maximum absolute atomic E-state index is 4.61. The third-order valence-electron chi connectivity index (χ3n) is 3.85. The maximum Gasteiger partial charge on any atom is 0.227 e. The first-order chi connectivity index (χ1) is 8.58. The average Bonchev–Trinajstić information content (AvgIpc) is 2.39. The minimum atomic E-state index is 0.793. The number of rotatable bonds is 3. The largest absolute Gasteiger partial charge is 0.363 e. The van der Waals surface area contributed by atoms with Crippen molar-refractivity contribution in [3.63, 3.8) is 0 Å². The highest BCUT2D eigenvalue weighted by atomic mass is 15.3. The van der Waals surface area contributed by atoms with Crippen LogP contribution in [0, 0.1) is 11.8 Å². The van der Waals surface area contributed by atoms with Gasteiger partial charge in [-0.05, 0) is 30.7 Å². The average molecular weight is 248 g/mol. The Morgan fingerprint density at radius 2 is 1.94 bits per heavy atom. The van der Waals surface area contributed by atoms with Crippen molar-refractivity contribution in [3.05, 3.63) is 12.3 Å². The lowest BCUT2D eigenvalue weighted by Gasteiger charge is -2.34. The molecule has 1 aromatic heterocycles. The van der Waals surface area contributed by atoms with Crippen LogP contribution in [0.25, 0.3) is 0 Å². The van der Waals surface area contributed by atoms with Crippen molar-refractivity contribution < 1.29 is 0 Å². The number of hydrogen-bond acceptors (Lipinski definition) is 4. The summed E-state index contributed by atoms with van der Waals surface area (Å²) < 4.78 is 0. The highest BCUT2D eigenvalue weighted by Gasteiger charge is 2.23. The molecule has 0 atom stereocenters. The second kappa shape index (κ2) is 5.55. The summed E-state index contributed by atoms with van der Waals surface area (Å²) in [7, 11) is 4.02. The fourth-order valence-corrected chi connectivity index (χ4v) is 2.51. The van der Waals surface area contributed by atoms with Gasteiger partial charge in [0.2, 0.25) is 5.95 Å². The molecule has 0 spiro atoms. The lowest BCUT2D eigenvalue weighted by atomic mass is 9.87. The van der Waals surface area contributed by atoms with E-state index >= 15 is 0 Å². The Hall–Kier alpha value is -1.32. The minimum absolute atomic E-state index is 0.793. The third-order valence-corrected chi connectivity index (χ3v) is 3.85. The number of hydrogen-bond donors (Lipinski definition) is 0. The molecule has 0 amide bonds. The number of piperidine rings is 1. The van der Waals surface area contributed by atoms with E-state index in [1.54, 1.807) is 0 Å². The van der Waals surface area contributed by atoms with Crippen LogP contribution in [0.1, 0.15) is 26.7 Å². The van der Waals surface area contributed by atoms with E-state index in [0.717, 1.165) is 36.7 Å². The van der Waals surface area contributed by atoms with Gasteiger partial charge in [-0.25, -0.2) is 4.98 Å². The topological polar surface area (TPSA) is 32.3 Å². The van der Waals surface area contributed by atoms with Gasteiger partial charge in [-0.2, -0.15) is 4.98 Å². The number of nitrogens with zero attached hydrogens (tertiary/aromatic N) is 4. The third kappa shape index (κ3) is 2.92. The summed E-state index contributed by atoms with van der Waals surface area (Å²) in [5.41, 5.74) is 0. The summed E-state index contributed by atoms with van der Waals surface area (Å²) in [6.45, 7) is 6.81. The van der Waals surface area contributed by atoms with Crippen LogP contribution in [-0.2, 0) is 0 Å². The molecule has 18 heavy (non-hydrogen) atoms. The monoisotopic (exact) mass is 248 g/mol. The predicted molar refractivity (Wildman–Crippen MR) is 76.1 cm³/mol. The van der Waals surface area contributed by atoms with Crippen LogP contribution in [0.2, 0.25) is 0 Å². The first-order valence-electron chi connectivity index (χ1n) is 6.83. The molecule has 0 bridgehead atoms. The molecule has 0 N–H and O–H groups in total. The molecular formula is C14H24N4. The van der Waals surface area contributed by atoms with E-state index in [1.165, 1.54) is 12.8 Å². The van der Waals surface area contributed by atoms with Crippen LogP contribution in [0.15, 0.2) is 12.3 Å². The molecule has 1 aliphatic rings. The Balaban J connectivity index is 2.03. The van der Waals surface area contributed by atoms with E-state index < -0.39 is 0 Å². The van der Waals surface area contributed by atoms with Crippen LogP contribution < -0.4 is 9.80 Å². The van der Waals surface area contributed by atoms with Gasteiger partial charge < -0.3 is 9.80 Å². The van der Waals surface area contributed by atoms with E-state index in [4.69, 9.17) is 0 Å². The second-order valence-electron chi connectivity index (χ2n) is 5.68. The van der Waals surface area contributed by atoms with Crippen LogP contribution in [0.5, 0.6) is 0 Å². The molecule has 2 heterocycles. The van der Waals surface area contributed by atoms with E-state index in [0.29, 0.717) is 0 Å². The zero-order chi connectivity index (χ0) is 13.1. The smallest absolute Gasteiger partial charge is 0.227 e. The Morgan fingerprint density at radius 3 is 2.50 bits per heavy atom. The molecule has 0 saturated carbocycles. The molecule has 1 aliphatic heterocycles. The fraction of sp³-hybridized carbons (Fsp3) is 0.714. The van der Waals surface area contributed by atoms with Gasteiger partial charge in [-0.15, -0.1) is 0 Å². The Morgan fingerprint density at radius 1 is 1.28 bits per heavy atom. The Kier molecular flexibility index (Phi) is 4.04. The van der Waals surface area contributed by atoms with Gasteiger partial charge >= 0.3 is 0 Å². The zero-order valence-corrected chi connectivity index (χ0v) is 11.9. The SMILES string of the molecule is CC(C)C1CCN(c2nccc(N(C)C)n2)CC1. The highest BCUT2D eigenvalue weighted by Crippen LogP contribution is 2.26. The second-order valence-corrected chi connectivity index (χ2v) is 5.68. The lowest BCUT2D eigenvalue weighted by molar-refractivity contribution is 0.310. The summed E-state index contributed by atoms with van der Waals surface area (Å²) in [6, 6.07) is 1.95. The van der Waals surface area contributed by atoms with Crippen molar-refractivity contribution >= 4 is 11.8 Å². The quantitative estimate of drug-likeness (QED) is 0.822. The van der Waals surface area contributed by atoms with Crippen LogP contribution in [-0.4, -0.2) is 37.2 Å². The van der Waals surface area contributed by atoms with Gasteiger partial charge in [-0.3, -0.25) is 0 Å². The van der Waals surface area contributed by atoms with Gasteiger partial charge in [0.25, 0.3) is 0 Å². The lowest BCUT2D eigenvalue weighted by Crippen LogP contribution is -2.36. The fourth-order valence-electron chi connectivity index (χ4n) is 2.51. The first kappa shape index (κ1) is 13.1. The predicted octanol–water partition coefficient (Wildman–Crippen LogP) is 2.42. The van der Waals surface area contributed by atoms with E-state index in [9.17, 15) is 0 Å². The molecule has 0 aliphatic carbocycles. The number of aromatic nitrogens is 2. The van der Waals surface area contributed by atoms with Gasteiger partial charge in [0.05, 0.1) is 0 Å². The van der Waals surface area contributed by atoms with Crippen LogP contribution >= 0.6 is 0 Å². The Bertz CT molecular complexity index is 381. The van der Waals surface area contributed by atoms with E-state index in [1.807, 2.05) is 31.3 Å². The first-order valence-corrected chi connectivity index (χ1v) is 6.83. The molecule has 100 valence electrons. The zero-order valence-electron chi connectivity index (χ0n) is 11.9. The van der Waals surface area contributed by atoms with Crippen molar-refractivity contribution in [2.45, 2.75) is 26.7 Å². The molecule has 0 radical (unpaired) electrons.